The van der Waals surface area contributed by atoms with Crippen LogP contribution in [0.1, 0.15) is 34.1 Å². The first kappa shape index (κ1) is 17.2. The van der Waals surface area contributed by atoms with Gasteiger partial charge in [-0.2, -0.15) is 0 Å². The number of urea groups is 1. The first-order valence-electron chi connectivity index (χ1n) is 6.29. The maximum atomic E-state index is 11.7. The maximum Gasteiger partial charge on any atom is 0.326 e. The van der Waals surface area contributed by atoms with Crippen LogP contribution in [0.5, 0.6) is 0 Å². The molecule has 0 aromatic heterocycles. The summed E-state index contributed by atoms with van der Waals surface area (Å²) in [5.41, 5.74) is 5.16. The van der Waals surface area contributed by atoms with Crippen LogP contribution in [0.2, 0.25) is 0 Å². The van der Waals surface area contributed by atoms with Gasteiger partial charge in [-0.05, 0) is 11.8 Å². The van der Waals surface area contributed by atoms with Crippen LogP contribution >= 0.6 is 0 Å². The lowest BCUT2D eigenvalue weighted by atomic mass is 9.99. The molecule has 19 heavy (non-hydrogen) atoms. The minimum Gasteiger partial charge on any atom is -0.480 e. The second-order valence-corrected chi connectivity index (χ2v) is 4.94. The molecule has 0 spiro atoms. The molecule has 0 heterocycles. The van der Waals surface area contributed by atoms with Crippen molar-refractivity contribution < 1.29 is 19.5 Å². The molecule has 3 atom stereocenters. The van der Waals surface area contributed by atoms with Gasteiger partial charge in [-0.15, -0.1) is 0 Å². The first-order chi connectivity index (χ1) is 8.70. The van der Waals surface area contributed by atoms with Crippen molar-refractivity contribution in [3.8, 4) is 0 Å². The van der Waals surface area contributed by atoms with E-state index < -0.39 is 30.0 Å². The van der Waals surface area contributed by atoms with Crippen molar-refractivity contribution in [1.82, 2.24) is 10.6 Å². The van der Waals surface area contributed by atoms with E-state index in [1.54, 1.807) is 20.8 Å². The zero-order chi connectivity index (χ0) is 15.2. The molecule has 7 nitrogen and oxygen atoms in total. The molecule has 0 aliphatic carbocycles. The Balaban J connectivity index is 4.65. The highest BCUT2D eigenvalue weighted by molar-refractivity contribution is 5.88. The van der Waals surface area contributed by atoms with Gasteiger partial charge in [0.25, 0.3) is 0 Å². The van der Waals surface area contributed by atoms with E-state index >= 15 is 0 Å². The van der Waals surface area contributed by atoms with Crippen LogP contribution in [0.15, 0.2) is 0 Å². The predicted octanol–water partition coefficient (Wildman–Crippen LogP) is 0.295. The molecule has 0 saturated heterocycles. The topological polar surface area (TPSA) is 122 Å². The van der Waals surface area contributed by atoms with Crippen LogP contribution in [-0.2, 0) is 9.59 Å². The van der Waals surface area contributed by atoms with Crippen LogP contribution in [0.4, 0.5) is 4.79 Å². The number of hydrogen-bond donors (Lipinski definition) is 4. The fraction of sp³-hybridized carbons (Fsp3) is 0.750. The van der Waals surface area contributed by atoms with Crippen molar-refractivity contribution in [1.29, 1.82) is 0 Å². The lowest BCUT2D eigenvalue weighted by Crippen LogP contribution is -2.55. The Labute approximate surface area is 112 Å². The molecule has 0 aliphatic heterocycles. The van der Waals surface area contributed by atoms with Crippen molar-refractivity contribution in [2.24, 2.45) is 17.6 Å². The van der Waals surface area contributed by atoms with Gasteiger partial charge >= 0.3 is 12.0 Å². The van der Waals surface area contributed by atoms with Gasteiger partial charge < -0.3 is 21.5 Å². The minimum atomic E-state index is -1.11. The third kappa shape index (κ3) is 5.58. The number of primary amides is 1. The number of carbonyl (C=O) groups is 3. The van der Waals surface area contributed by atoms with E-state index in [4.69, 9.17) is 10.8 Å². The highest BCUT2D eigenvalue weighted by Gasteiger charge is 2.27. The Morgan fingerprint density at radius 3 is 1.89 bits per heavy atom. The largest absolute Gasteiger partial charge is 0.480 e. The van der Waals surface area contributed by atoms with Gasteiger partial charge in [-0.1, -0.05) is 34.1 Å². The number of nitrogens with two attached hydrogens (primary N) is 1. The van der Waals surface area contributed by atoms with Crippen LogP contribution in [0.25, 0.3) is 0 Å². The fourth-order valence-corrected chi connectivity index (χ4v) is 1.57. The normalized spacial score (nSPS) is 15.4. The van der Waals surface area contributed by atoms with Crippen molar-refractivity contribution in [3.63, 3.8) is 0 Å². The SMILES string of the molecule is CCC(C)C(NC(=O)NC(C(N)=O)C(C)C)C(=O)O. The number of aliphatic carboxylic acids is 1. The standard InChI is InChI=1S/C12H23N3O4/c1-5-7(4)9(11(17)18)15-12(19)14-8(6(2)3)10(13)16/h6-9H,5H2,1-4H3,(H2,13,16)(H,17,18)(H2,14,15,19). The van der Waals surface area contributed by atoms with E-state index in [-0.39, 0.29) is 11.8 Å². The number of rotatable bonds is 7. The molecule has 3 amide bonds. The minimum absolute atomic E-state index is 0.171. The van der Waals surface area contributed by atoms with E-state index in [0.29, 0.717) is 6.42 Å². The molecule has 0 aliphatic rings. The number of nitrogens with one attached hydrogen (secondary N) is 2. The Bertz CT molecular complexity index is 344. The summed E-state index contributed by atoms with van der Waals surface area (Å²) in [6, 6.07) is -2.53. The molecule has 0 radical (unpaired) electrons. The van der Waals surface area contributed by atoms with Gasteiger partial charge in [-0.25, -0.2) is 9.59 Å². The second kappa shape index (κ2) is 7.60. The van der Waals surface area contributed by atoms with E-state index in [0.717, 1.165) is 0 Å². The van der Waals surface area contributed by atoms with Gasteiger partial charge in [-0.3, -0.25) is 4.79 Å². The zero-order valence-electron chi connectivity index (χ0n) is 11.8. The Morgan fingerprint density at radius 2 is 1.58 bits per heavy atom. The van der Waals surface area contributed by atoms with Gasteiger partial charge in [0.2, 0.25) is 5.91 Å². The summed E-state index contributed by atoms with van der Waals surface area (Å²) in [6.45, 7) is 7.03. The summed E-state index contributed by atoms with van der Waals surface area (Å²) in [4.78, 5) is 33.9. The molecule has 5 N–H and O–H groups in total. The molecular formula is C12H23N3O4. The molecule has 0 fully saturated rings. The van der Waals surface area contributed by atoms with Crippen molar-refractivity contribution in [2.45, 2.75) is 46.2 Å². The van der Waals surface area contributed by atoms with E-state index in [2.05, 4.69) is 10.6 Å². The van der Waals surface area contributed by atoms with Crippen molar-refractivity contribution in [2.75, 3.05) is 0 Å². The average molecular weight is 273 g/mol. The summed E-state index contributed by atoms with van der Waals surface area (Å²) < 4.78 is 0. The van der Waals surface area contributed by atoms with Gasteiger partial charge in [0.1, 0.15) is 12.1 Å². The van der Waals surface area contributed by atoms with Crippen LogP contribution in [-0.4, -0.2) is 35.1 Å². The lowest BCUT2D eigenvalue weighted by molar-refractivity contribution is -0.140. The quantitative estimate of drug-likeness (QED) is 0.532. The Hall–Kier alpha value is -1.79. The summed E-state index contributed by atoms with van der Waals surface area (Å²) in [6.07, 6.45) is 0.612. The molecule has 110 valence electrons. The number of carbonyl (C=O) groups excluding carboxylic acids is 2. The maximum absolute atomic E-state index is 11.7. The van der Waals surface area contributed by atoms with Crippen LogP contribution in [0.3, 0.4) is 0 Å². The monoisotopic (exact) mass is 273 g/mol. The molecule has 0 aromatic rings. The smallest absolute Gasteiger partial charge is 0.326 e. The van der Waals surface area contributed by atoms with Crippen molar-refractivity contribution in [3.05, 3.63) is 0 Å². The van der Waals surface area contributed by atoms with Crippen LogP contribution < -0.4 is 16.4 Å². The molecule has 0 aromatic carbocycles. The summed E-state index contributed by atoms with van der Waals surface area (Å²) in [7, 11) is 0. The third-order valence-electron chi connectivity index (χ3n) is 3.03. The van der Waals surface area contributed by atoms with Gasteiger partial charge in [0, 0.05) is 0 Å². The number of amides is 3. The molecule has 3 unspecified atom stereocenters. The second-order valence-electron chi connectivity index (χ2n) is 4.94. The number of carboxylic acids is 1. The van der Waals surface area contributed by atoms with Gasteiger partial charge in [0.15, 0.2) is 0 Å². The van der Waals surface area contributed by atoms with E-state index in [1.807, 2.05) is 6.92 Å². The lowest BCUT2D eigenvalue weighted by Gasteiger charge is -2.23. The molecule has 0 bridgehead atoms. The van der Waals surface area contributed by atoms with E-state index in [9.17, 15) is 14.4 Å². The van der Waals surface area contributed by atoms with Gasteiger partial charge in [0.05, 0.1) is 0 Å². The highest BCUT2D eigenvalue weighted by atomic mass is 16.4. The fourth-order valence-electron chi connectivity index (χ4n) is 1.57. The zero-order valence-corrected chi connectivity index (χ0v) is 11.8. The number of hydrogen-bond acceptors (Lipinski definition) is 3. The Kier molecular flexibility index (Phi) is 6.89. The van der Waals surface area contributed by atoms with Crippen LogP contribution in [0, 0.1) is 11.8 Å². The molecular weight excluding hydrogens is 250 g/mol. The first-order valence-corrected chi connectivity index (χ1v) is 6.29. The average Bonchev–Trinajstić information content (AvgIpc) is 2.30. The summed E-state index contributed by atoms with van der Waals surface area (Å²) in [5, 5.41) is 13.8. The third-order valence-corrected chi connectivity index (χ3v) is 3.03. The number of carboxylic acid groups (broad SMARTS) is 1. The molecule has 0 saturated carbocycles. The predicted molar refractivity (Wildman–Crippen MR) is 70.4 cm³/mol. The van der Waals surface area contributed by atoms with Crippen molar-refractivity contribution >= 4 is 17.9 Å². The Morgan fingerprint density at radius 1 is 1.11 bits per heavy atom. The van der Waals surface area contributed by atoms with E-state index in [1.165, 1.54) is 0 Å². The molecule has 7 heteroatoms. The highest BCUT2D eigenvalue weighted by Crippen LogP contribution is 2.08. The molecule has 0 rings (SSSR count). The summed E-state index contributed by atoms with van der Waals surface area (Å²) in [5.74, 6) is -2.14. The summed E-state index contributed by atoms with van der Waals surface area (Å²) >= 11 is 0.